The summed E-state index contributed by atoms with van der Waals surface area (Å²) in [5, 5.41) is 0. The summed E-state index contributed by atoms with van der Waals surface area (Å²) in [6.45, 7) is 4.42. The smallest absolute Gasteiger partial charge is 0.338 e. The van der Waals surface area contributed by atoms with Crippen molar-refractivity contribution in [3.63, 3.8) is 0 Å². The minimum Gasteiger partial charge on any atom is -0.459 e. The molecule has 148 valence electrons. The number of unbranched alkanes of at least 4 members (excludes halogenated alkanes) is 9. The zero-order chi connectivity index (χ0) is 19.0. The first-order valence-corrected chi connectivity index (χ1v) is 11.4. The highest BCUT2D eigenvalue weighted by atomic mass is 79.9. The van der Waals surface area contributed by atoms with Crippen molar-refractivity contribution in [3.8, 4) is 0 Å². The van der Waals surface area contributed by atoms with Gasteiger partial charge in [-0.1, -0.05) is 100 Å². The molecule has 1 aromatic rings. The van der Waals surface area contributed by atoms with E-state index >= 15 is 0 Å². The van der Waals surface area contributed by atoms with Crippen LogP contribution in [0.2, 0.25) is 0 Å². The summed E-state index contributed by atoms with van der Waals surface area (Å²) in [5.74, 6) is -0.197. The minimum atomic E-state index is -0.197. The topological polar surface area (TPSA) is 26.3 Å². The molecule has 0 saturated heterocycles. The molecule has 0 saturated carbocycles. The Kier molecular flexibility index (Phi) is 13.6. The van der Waals surface area contributed by atoms with Gasteiger partial charge in [0.25, 0.3) is 0 Å². The molecule has 1 aromatic carbocycles. The fraction of sp³-hybridized carbons (Fsp3) is 0.696. The Morgan fingerprint density at radius 3 is 2.08 bits per heavy atom. The normalized spacial score (nSPS) is 12.1. The van der Waals surface area contributed by atoms with Crippen LogP contribution in [0, 0.1) is 0 Å². The van der Waals surface area contributed by atoms with Crippen LogP contribution in [0.3, 0.4) is 0 Å². The zero-order valence-electron chi connectivity index (χ0n) is 16.8. The molecule has 0 radical (unpaired) electrons. The van der Waals surface area contributed by atoms with Crippen LogP contribution in [0.1, 0.15) is 108 Å². The third kappa shape index (κ3) is 11.0. The predicted octanol–water partition coefficient (Wildman–Crippen LogP) is 8.09. The van der Waals surface area contributed by atoms with E-state index in [1.54, 1.807) is 0 Å². The second-order valence-corrected chi connectivity index (χ2v) is 8.21. The first-order valence-electron chi connectivity index (χ1n) is 10.6. The summed E-state index contributed by atoms with van der Waals surface area (Å²) in [4.78, 5) is 12.3. The summed E-state index contributed by atoms with van der Waals surface area (Å²) in [6, 6.07) is 7.43. The Bertz CT molecular complexity index is 487. The third-order valence-corrected chi connectivity index (χ3v) is 5.32. The third-order valence-electron chi connectivity index (χ3n) is 4.82. The summed E-state index contributed by atoms with van der Waals surface area (Å²) >= 11 is 3.41. The van der Waals surface area contributed by atoms with E-state index in [1.807, 2.05) is 24.3 Å². The van der Waals surface area contributed by atoms with E-state index in [-0.39, 0.29) is 12.1 Å². The molecule has 0 aliphatic heterocycles. The lowest BCUT2D eigenvalue weighted by atomic mass is 10.0. The summed E-state index contributed by atoms with van der Waals surface area (Å²) in [7, 11) is 0. The summed E-state index contributed by atoms with van der Waals surface area (Å²) in [5.41, 5.74) is 0.628. The number of rotatable bonds is 15. The number of halogens is 1. The Morgan fingerprint density at radius 1 is 0.885 bits per heavy atom. The second kappa shape index (κ2) is 15.2. The summed E-state index contributed by atoms with van der Waals surface area (Å²) in [6.07, 6.45) is 16.4. The predicted molar refractivity (Wildman–Crippen MR) is 115 cm³/mol. The average molecular weight is 425 g/mol. The van der Waals surface area contributed by atoms with Crippen LogP contribution >= 0.6 is 15.9 Å². The molecule has 3 heteroatoms. The molecular weight excluding hydrogens is 388 g/mol. The van der Waals surface area contributed by atoms with Crippen LogP contribution in [0.4, 0.5) is 0 Å². The maximum Gasteiger partial charge on any atom is 0.338 e. The van der Waals surface area contributed by atoms with Gasteiger partial charge in [0, 0.05) is 4.47 Å². The van der Waals surface area contributed by atoms with E-state index in [9.17, 15) is 4.79 Å². The molecule has 0 aliphatic rings. The Labute approximate surface area is 169 Å². The standard InChI is InChI=1S/C23H37BrO2/c1-3-5-6-7-8-9-10-11-12-13-18-22(15-4-2)26-23(25)20-16-14-17-21(24)19-20/h14,16-17,19,22H,3-13,15,18H2,1-2H3. The quantitative estimate of drug-likeness (QED) is 0.210. The van der Waals surface area contributed by atoms with Crippen LogP contribution in [-0.4, -0.2) is 12.1 Å². The first-order chi connectivity index (χ1) is 12.7. The largest absolute Gasteiger partial charge is 0.459 e. The van der Waals surface area contributed by atoms with Crippen LogP contribution in [0.15, 0.2) is 28.7 Å². The fourth-order valence-electron chi connectivity index (χ4n) is 3.28. The molecule has 0 bridgehead atoms. The molecule has 1 unspecified atom stereocenters. The molecule has 1 rings (SSSR count). The summed E-state index contributed by atoms with van der Waals surface area (Å²) < 4.78 is 6.67. The van der Waals surface area contributed by atoms with E-state index < -0.39 is 0 Å². The number of hydrogen-bond donors (Lipinski definition) is 0. The maximum atomic E-state index is 12.3. The number of ether oxygens (including phenoxy) is 1. The van der Waals surface area contributed by atoms with Gasteiger partial charge in [-0.3, -0.25) is 0 Å². The molecular formula is C23H37BrO2. The van der Waals surface area contributed by atoms with E-state index in [2.05, 4.69) is 29.8 Å². The molecule has 0 amide bonds. The van der Waals surface area contributed by atoms with E-state index in [0.29, 0.717) is 5.56 Å². The van der Waals surface area contributed by atoms with Gasteiger partial charge < -0.3 is 4.74 Å². The van der Waals surface area contributed by atoms with Gasteiger partial charge in [0.2, 0.25) is 0 Å². The van der Waals surface area contributed by atoms with Gasteiger partial charge in [0.1, 0.15) is 6.10 Å². The fourth-order valence-corrected chi connectivity index (χ4v) is 3.68. The Hall–Kier alpha value is -0.830. The van der Waals surface area contributed by atoms with Gasteiger partial charge in [-0.05, 0) is 37.5 Å². The van der Waals surface area contributed by atoms with Crippen molar-refractivity contribution in [2.24, 2.45) is 0 Å². The van der Waals surface area contributed by atoms with Crippen molar-refractivity contribution in [1.29, 1.82) is 0 Å². The highest BCUT2D eigenvalue weighted by Crippen LogP contribution is 2.18. The lowest BCUT2D eigenvalue weighted by Crippen LogP contribution is -2.18. The molecule has 0 heterocycles. The number of benzene rings is 1. The van der Waals surface area contributed by atoms with Crippen molar-refractivity contribution >= 4 is 21.9 Å². The monoisotopic (exact) mass is 424 g/mol. The van der Waals surface area contributed by atoms with Gasteiger partial charge >= 0.3 is 5.97 Å². The Balaban J connectivity index is 2.17. The van der Waals surface area contributed by atoms with Crippen molar-refractivity contribution in [3.05, 3.63) is 34.3 Å². The zero-order valence-corrected chi connectivity index (χ0v) is 18.4. The Morgan fingerprint density at radius 2 is 1.50 bits per heavy atom. The molecule has 2 nitrogen and oxygen atoms in total. The molecule has 0 aliphatic carbocycles. The molecule has 0 spiro atoms. The number of carbonyl (C=O) groups excluding carboxylic acids is 1. The molecule has 1 atom stereocenters. The first kappa shape index (κ1) is 23.2. The van der Waals surface area contributed by atoms with E-state index in [0.717, 1.165) is 30.2 Å². The van der Waals surface area contributed by atoms with Crippen LogP contribution < -0.4 is 0 Å². The highest BCUT2D eigenvalue weighted by Gasteiger charge is 2.15. The molecule has 0 fully saturated rings. The number of esters is 1. The van der Waals surface area contributed by atoms with Crippen molar-refractivity contribution in [2.75, 3.05) is 0 Å². The lowest BCUT2D eigenvalue weighted by molar-refractivity contribution is 0.0253. The van der Waals surface area contributed by atoms with Crippen LogP contribution in [-0.2, 0) is 4.74 Å². The maximum absolute atomic E-state index is 12.3. The van der Waals surface area contributed by atoms with Crippen LogP contribution in [0.5, 0.6) is 0 Å². The number of hydrogen-bond acceptors (Lipinski definition) is 2. The second-order valence-electron chi connectivity index (χ2n) is 7.30. The number of carbonyl (C=O) groups is 1. The van der Waals surface area contributed by atoms with Gasteiger partial charge in [-0.25, -0.2) is 4.79 Å². The van der Waals surface area contributed by atoms with Gasteiger partial charge in [0.15, 0.2) is 0 Å². The molecule has 0 N–H and O–H groups in total. The SMILES string of the molecule is CCCCCCCCCCCCC(CCC)OC(=O)c1cccc(Br)c1. The minimum absolute atomic E-state index is 0.0560. The van der Waals surface area contributed by atoms with Crippen molar-refractivity contribution < 1.29 is 9.53 Å². The van der Waals surface area contributed by atoms with E-state index in [4.69, 9.17) is 4.74 Å². The van der Waals surface area contributed by atoms with E-state index in [1.165, 1.54) is 57.8 Å². The van der Waals surface area contributed by atoms with Gasteiger partial charge in [-0.2, -0.15) is 0 Å². The van der Waals surface area contributed by atoms with Gasteiger partial charge in [-0.15, -0.1) is 0 Å². The lowest BCUT2D eigenvalue weighted by Gasteiger charge is -2.17. The highest BCUT2D eigenvalue weighted by molar-refractivity contribution is 9.10. The van der Waals surface area contributed by atoms with Crippen molar-refractivity contribution in [1.82, 2.24) is 0 Å². The van der Waals surface area contributed by atoms with Crippen LogP contribution in [0.25, 0.3) is 0 Å². The van der Waals surface area contributed by atoms with Gasteiger partial charge in [0.05, 0.1) is 5.56 Å². The van der Waals surface area contributed by atoms with Crippen molar-refractivity contribution in [2.45, 2.75) is 103 Å². The molecule has 0 aromatic heterocycles. The average Bonchev–Trinajstić information content (AvgIpc) is 2.63. The molecule has 26 heavy (non-hydrogen) atoms.